The van der Waals surface area contributed by atoms with Crippen molar-refractivity contribution >= 4 is 21.8 Å². The molecule has 2 unspecified atom stereocenters. The van der Waals surface area contributed by atoms with Crippen LogP contribution in [0.1, 0.15) is 35.3 Å². The molecule has 2 atom stereocenters. The third kappa shape index (κ3) is 2.46. The molecule has 1 aromatic carbocycles. The molecule has 0 bridgehead atoms. The smallest absolute Gasteiger partial charge is 0.158 e. The highest BCUT2D eigenvalue weighted by Gasteiger charge is 2.36. The number of nitrogens with zero attached hydrogens (tertiary/aromatic N) is 1. The van der Waals surface area contributed by atoms with E-state index in [9.17, 15) is 13.2 Å². The predicted octanol–water partition coefficient (Wildman–Crippen LogP) is 2.13. The summed E-state index contributed by atoms with van der Waals surface area (Å²) >= 11 is 0. The molecule has 1 heterocycles. The third-order valence-corrected chi connectivity index (χ3v) is 6.67. The number of aldehydes is 1. The van der Waals surface area contributed by atoms with Crippen molar-refractivity contribution in [3.05, 3.63) is 28.8 Å². The van der Waals surface area contributed by atoms with Gasteiger partial charge in [0, 0.05) is 24.3 Å². The molecule has 0 radical (unpaired) electrons. The number of hydrogen-bond donors (Lipinski definition) is 0. The van der Waals surface area contributed by atoms with Crippen molar-refractivity contribution < 1.29 is 13.2 Å². The normalized spacial score (nSPS) is 25.5. The summed E-state index contributed by atoms with van der Waals surface area (Å²) in [5.74, 6) is 0. The molecular weight excluding hydrogens is 274 g/mol. The summed E-state index contributed by atoms with van der Waals surface area (Å²) in [4.78, 5) is 13.1. The van der Waals surface area contributed by atoms with Gasteiger partial charge >= 0.3 is 0 Å². The van der Waals surface area contributed by atoms with Crippen LogP contribution in [0.5, 0.6) is 0 Å². The highest BCUT2D eigenvalue weighted by atomic mass is 32.2. The Labute approximate surface area is 120 Å². The number of rotatable bonds is 2. The van der Waals surface area contributed by atoms with Crippen LogP contribution in [0.4, 0.5) is 5.69 Å². The van der Waals surface area contributed by atoms with Crippen molar-refractivity contribution in [2.24, 2.45) is 0 Å². The molecule has 0 amide bonds. The van der Waals surface area contributed by atoms with E-state index < -0.39 is 9.84 Å². The average molecular weight is 295 g/mol. The number of hydrogen-bond acceptors (Lipinski definition) is 4. The third-order valence-electron chi connectivity index (χ3n) is 4.13. The highest BCUT2D eigenvalue weighted by molar-refractivity contribution is 7.92. The molecule has 1 aromatic rings. The Morgan fingerprint density at radius 1 is 1.10 bits per heavy atom. The largest absolute Gasteiger partial charge is 0.369 e. The minimum Gasteiger partial charge on any atom is -0.369 e. The van der Waals surface area contributed by atoms with Gasteiger partial charge in [-0.25, -0.2) is 8.42 Å². The van der Waals surface area contributed by atoms with Crippen LogP contribution < -0.4 is 4.90 Å². The SMILES string of the molecule is Cc1cc(N2CC(C)S(=O)(=O)C(C)C2)c(C)cc1C=O. The van der Waals surface area contributed by atoms with Crippen molar-refractivity contribution in [3.8, 4) is 0 Å². The van der Waals surface area contributed by atoms with Crippen molar-refractivity contribution in [3.63, 3.8) is 0 Å². The van der Waals surface area contributed by atoms with E-state index in [0.717, 1.165) is 23.1 Å². The molecule has 110 valence electrons. The van der Waals surface area contributed by atoms with Crippen molar-refractivity contribution in [1.29, 1.82) is 0 Å². The molecule has 1 saturated heterocycles. The fourth-order valence-corrected chi connectivity index (χ4v) is 4.36. The first kappa shape index (κ1) is 15.0. The summed E-state index contributed by atoms with van der Waals surface area (Å²) in [6.45, 7) is 8.40. The second-order valence-electron chi connectivity index (χ2n) is 5.73. The van der Waals surface area contributed by atoms with E-state index in [0.29, 0.717) is 18.7 Å². The zero-order chi connectivity index (χ0) is 15.1. The molecule has 4 nitrogen and oxygen atoms in total. The number of carbonyl (C=O) groups is 1. The zero-order valence-corrected chi connectivity index (χ0v) is 13.2. The molecule has 0 aromatic heterocycles. The second-order valence-corrected chi connectivity index (χ2v) is 8.52. The topological polar surface area (TPSA) is 54.5 Å². The quantitative estimate of drug-likeness (QED) is 0.784. The van der Waals surface area contributed by atoms with Crippen LogP contribution in [0.25, 0.3) is 0 Å². The molecule has 0 spiro atoms. The van der Waals surface area contributed by atoms with Gasteiger partial charge in [-0.05, 0) is 51.0 Å². The van der Waals surface area contributed by atoms with Crippen molar-refractivity contribution in [2.75, 3.05) is 18.0 Å². The Balaban J connectivity index is 2.39. The minimum atomic E-state index is -3.01. The lowest BCUT2D eigenvalue weighted by molar-refractivity contribution is 0.112. The van der Waals surface area contributed by atoms with Gasteiger partial charge in [0.1, 0.15) is 6.29 Å². The van der Waals surface area contributed by atoms with Crippen molar-refractivity contribution in [2.45, 2.75) is 38.2 Å². The minimum absolute atomic E-state index is 0.364. The van der Waals surface area contributed by atoms with Crippen LogP contribution in [-0.4, -0.2) is 38.3 Å². The second kappa shape index (κ2) is 5.20. The van der Waals surface area contributed by atoms with Crippen LogP contribution in [0.15, 0.2) is 12.1 Å². The molecule has 2 rings (SSSR count). The maximum absolute atomic E-state index is 12.1. The predicted molar refractivity (Wildman–Crippen MR) is 81.4 cm³/mol. The monoisotopic (exact) mass is 295 g/mol. The van der Waals surface area contributed by atoms with E-state index in [1.807, 2.05) is 26.0 Å². The first-order chi connectivity index (χ1) is 9.27. The lowest BCUT2D eigenvalue weighted by Crippen LogP contribution is -2.50. The fourth-order valence-electron chi connectivity index (χ4n) is 2.79. The number of aryl methyl sites for hydroxylation is 2. The van der Waals surface area contributed by atoms with Gasteiger partial charge in [0.15, 0.2) is 9.84 Å². The van der Waals surface area contributed by atoms with Gasteiger partial charge in [-0.2, -0.15) is 0 Å². The number of carbonyl (C=O) groups excluding carboxylic acids is 1. The molecule has 1 aliphatic rings. The van der Waals surface area contributed by atoms with Gasteiger partial charge in [0.05, 0.1) is 10.5 Å². The lowest BCUT2D eigenvalue weighted by atomic mass is 10.0. The number of benzene rings is 1. The van der Waals surface area contributed by atoms with Crippen LogP contribution in [0.2, 0.25) is 0 Å². The number of anilines is 1. The zero-order valence-electron chi connectivity index (χ0n) is 12.4. The summed E-state index contributed by atoms with van der Waals surface area (Å²) in [6.07, 6.45) is 0.859. The van der Waals surface area contributed by atoms with E-state index >= 15 is 0 Å². The van der Waals surface area contributed by atoms with Gasteiger partial charge in [-0.3, -0.25) is 4.79 Å². The lowest BCUT2D eigenvalue weighted by Gasteiger charge is -2.37. The van der Waals surface area contributed by atoms with Crippen molar-refractivity contribution in [1.82, 2.24) is 0 Å². The number of sulfone groups is 1. The molecule has 20 heavy (non-hydrogen) atoms. The molecule has 0 N–H and O–H groups in total. The Morgan fingerprint density at radius 2 is 1.65 bits per heavy atom. The molecule has 5 heteroatoms. The summed E-state index contributed by atoms with van der Waals surface area (Å²) in [7, 11) is -3.01. The molecular formula is C15H21NO3S. The van der Waals surface area contributed by atoms with Gasteiger partial charge in [0.25, 0.3) is 0 Å². The standard InChI is InChI=1S/C15H21NO3S/c1-10-6-15(11(2)5-14(10)9-17)16-7-12(3)20(18,19)13(4)8-16/h5-6,9,12-13H,7-8H2,1-4H3. The summed E-state index contributed by atoms with van der Waals surface area (Å²) in [5, 5.41) is -0.728. The van der Waals surface area contributed by atoms with E-state index in [1.54, 1.807) is 13.8 Å². The van der Waals surface area contributed by atoms with Crippen LogP contribution in [0, 0.1) is 13.8 Å². The van der Waals surface area contributed by atoms with E-state index in [1.165, 1.54) is 0 Å². The highest BCUT2D eigenvalue weighted by Crippen LogP contribution is 2.28. The van der Waals surface area contributed by atoms with Gasteiger partial charge in [-0.1, -0.05) is 0 Å². The Kier molecular flexibility index (Phi) is 3.91. The Hall–Kier alpha value is -1.36. The first-order valence-corrected chi connectivity index (χ1v) is 8.42. The molecule has 1 fully saturated rings. The average Bonchev–Trinajstić information content (AvgIpc) is 2.38. The maximum atomic E-state index is 12.1. The molecule has 1 aliphatic heterocycles. The van der Waals surface area contributed by atoms with Gasteiger partial charge < -0.3 is 4.90 Å². The van der Waals surface area contributed by atoms with E-state index in [-0.39, 0.29) is 10.5 Å². The summed E-state index contributed by atoms with van der Waals surface area (Å²) in [5.41, 5.74) is 3.66. The summed E-state index contributed by atoms with van der Waals surface area (Å²) in [6, 6.07) is 3.85. The summed E-state index contributed by atoms with van der Waals surface area (Å²) < 4.78 is 24.1. The molecule has 0 saturated carbocycles. The first-order valence-electron chi connectivity index (χ1n) is 6.81. The molecule has 0 aliphatic carbocycles. The van der Waals surface area contributed by atoms with E-state index in [4.69, 9.17) is 0 Å². The Bertz CT molecular complexity index is 619. The fraction of sp³-hybridized carbons (Fsp3) is 0.533. The van der Waals surface area contributed by atoms with Crippen LogP contribution in [-0.2, 0) is 9.84 Å². The Morgan fingerprint density at radius 3 is 2.15 bits per heavy atom. The van der Waals surface area contributed by atoms with E-state index in [2.05, 4.69) is 4.90 Å². The van der Waals surface area contributed by atoms with Gasteiger partial charge in [-0.15, -0.1) is 0 Å². The van der Waals surface area contributed by atoms with Gasteiger partial charge in [0.2, 0.25) is 0 Å². The van der Waals surface area contributed by atoms with Crippen LogP contribution >= 0.6 is 0 Å². The maximum Gasteiger partial charge on any atom is 0.158 e. The van der Waals surface area contributed by atoms with Crippen LogP contribution in [0.3, 0.4) is 0 Å².